The lowest BCUT2D eigenvalue weighted by molar-refractivity contribution is -0.117. The van der Waals surface area contributed by atoms with Crippen LogP contribution in [0.1, 0.15) is 54.4 Å². The monoisotopic (exact) mass is 427 g/mol. The minimum absolute atomic E-state index is 0.0245. The van der Waals surface area contributed by atoms with Gasteiger partial charge in [0, 0.05) is 41.9 Å². The molecule has 0 saturated heterocycles. The first kappa shape index (κ1) is 21.4. The van der Waals surface area contributed by atoms with Gasteiger partial charge in [-0.15, -0.1) is 0 Å². The summed E-state index contributed by atoms with van der Waals surface area (Å²) in [5.41, 5.74) is 7.87. The molecule has 5 nitrogen and oxygen atoms in total. The number of carbonyl (C=O) groups excluding carboxylic acids is 2. The summed E-state index contributed by atoms with van der Waals surface area (Å²) in [6, 6.07) is 9.79. The van der Waals surface area contributed by atoms with Gasteiger partial charge in [-0.25, -0.2) is 8.78 Å². The number of rotatable bonds is 6. The van der Waals surface area contributed by atoms with Crippen LogP contribution in [-0.2, 0) is 11.3 Å². The topological polar surface area (TPSA) is 75.4 Å². The molecule has 2 aromatic rings. The van der Waals surface area contributed by atoms with E-state index in [2.05, 4.69) is 5.32 Å². The Kier molecular flexibility index (Phi) is 6.32. The maximum Gasteiger partial charge on any atom is 0.254 e. The fourth-order valence-electron chi connectivity index (χ4n) is 4.19. The molecule has 2 atom stereocenters. The van der Waals surface area contributed by atoms with Crippen molar-refractivity contribution in [3.05, 3.63) is 65.2 Å². The smallest absolute Gasteiger partial charge is 0.254 e. The van der Waals surface area contributed by atoms with Crippen LogP contribution in [0.5, 0.6) is 0 Å². The maximum absolute atomic E-state index is 13.7. The molecule has 2 saturated carbocycles. The zero-order valence-electron chi connectivity index (χ0n) is 17.3. The molecule has 2 aliphatic rings. The molecule has 2 aromatic carbocycles. The van der Waals surface area contributed by atoms with Crippen molar-refractivity contribution in [3.63, 3.8) is 0 Å². The van der Waals surface area contributed by atoms with Crippen molar-refractivity contribution in [1.29, 1.82) is 0 Å². The second kappa shape index (κ2) is 9.14. The van der Waals surface area contributed by atoms with E-state index in [1.807, 2.05) is 12.1 Å². The van der Waals surface area contributed by atoms with Crippen molar-refractivity contribution in [3.8, 4) is 0 Å². The predicted molar refractivity (Wildman–Crippen MR) is 114 cm³/mol. The van der Waals surface area contributed by atoms with Crippen LogP contribution in [0.15, 0.2) is 42.5 Å². The van der Waals surface area contributed by atoms with Gasteiger partial charge in [-0.05, 0) is 55.5 Å². The van der Waals surface area contributed by atoms with Gasteiger partial charge in [0.2, 0.25) is 5.91 Å². The standard InChI is InChI=1S/C24H27F2N3O2/c25-18-11-17(12-19(26)13-18)24(31)29(22-4-2-1-3-21(22)27)14-15-5-9-20(10-6-15)28-23(30)16-7-8-16/h5-6,9-13,16,21-22H,1-4,7-8,14,27H2,(H,28,30). The van der Waals surface area contributed by atoms with Gasteiger partial charge in [0.05, 0.1) is 0 Å². The van der Waals surface area contributed by atoms with Gasteiger partial charge in [0.15, 0.2) is 0 Å². The van der Waals surface area contributed by atoms with Crippen molar-refractivity contribution in [2.24, 2.45) is 11.7 Å². The largest absolute Gasteiger partial charge is 0.330 e. The average Bonchev–Trinajstić information content (AvgIpc) is 3.58. The summed E-state index contributed by atoms with van der Waals surface area (Å²) in [6.45, 7) is 0.270. The number of halogens is 2. The zero-order chi connectivity index (χ0) is 22.0. The predicted octanol–water partition coefficient (Wildman–Crippen LogP) is 4.23. The van der Waals surface area contributed by atoms with E-state index in [4.69, 9.17) is 5.73 Å². The summed E-state index contributed by atoms with van der Waals surface area (Å²) in [6.07, 6.45) is 5.38. The SMILES string of the molecule is NC1CCCCC1N(Cc1ccc(NC(=O)C2CC2)cc1)C(=O)c1cc(F)cc(F)c1. The molecular formula is C24H27F2N3O2. The minimum Gasteiger partial charge on any atom is -0.330 e. The van der Waals surface area contributed by atoms with Gasteiger partial charge in [-0.1, -0.05) is 25.0 Å². The van der Waals surface area contributed by atoms with E-state index in [0.717, 1.165) is 62.3 Å². The molecule has 7 heteroatoms. The van der Waals surface area contributed by atoms with E-state index in [-0.39, 0.29) is 36.0 Å². The summed E-state index contributed by atoms with van der Waals surface area (Å²) in [7, 11) is 0. The number of hydrogen-bond donors (Lipinski definition) is 2. The summed E-state index contributed by atoms with van der Waals surface area (Å²) < 4.78 is 27.5. The molecule has 0 spiro atoms. The molecule has 31 heavy (non-hydrogen) atoms. The van der Waals surface area contributed by atoms with Crippen LogP contribution in [0.3, 0.4) is 0 Å². The third-order valence-corrected chi connectivity index (χ3v) is 6.07. The van der Waals surface area contributed by atoms with Gasteiger partial charge >= 0.3 is 0 Å². The van der Waals surface area contributed by atoms with Crippen LogP contribution in [0.25, 0.3) is 0 Å². The number of nitrogens with two attached hydrogens (primary N) is 1. The lowest BCUT2D eigenvalue weighted by atomic mass is 9.89. The van der Waals surface area contributed by atoms with Gasteiger partial charge in [-0.3, -0.25) is 9.59 Å². The van der Waals surface area contributed by atoms with Crippen LogP contribution in [-0.4, -0.2) is 28.8 Å². The molecule has 0 radical (unpaired) electrons. The molecular weight excluding hydrogens is 400 g/mol. The fraction of sp³-hybridized carbons (Fsp3) is 0.417. The van der Waals surface area contributed by atoms with Gasteiger partial charge < -0.3 is 16.0 Å². The van der Waals surface area contributed by atoms with E-state index in [1.54, 1.807) is 17.0 Å². The second-order valence-electron chi connectivity index (χ2n) is 8.57. The molecule has 0 heterocycles. The number of anilines is 1. The lowest BCUT2D eigenvalue weighted by Gasteiger charge is -2.38. The lowest BCUT2D eigenvalue weighted by Crippen LogP contribution is -2.51. The Morgan fingerprint density at radius 3 is 2.23 bits per heavy atom. The molecule has 0 aromatic heterocycles. The average molecular weight is 427 g/mol. The first-order valence-electron chi connectivity index (χ1n) is 10.8. The Morgan fingerprint density at radius 1 is 0.968 bits per heavy atom. The van der Waals surface area contributed by atoms with Gasteiger partial charge in [0.1, 0.15) is 11.6 Å². The molecule has 4 rings (SSSR count). The Labute approximate surface area is 180 Å². The first-order valence-corrected chi connectivity index (χ1v) is 10.8. The molecule has 0 aliphatic heterocycles. The van der Waals surface area contributed by atoms with Gasteiger partial charge in [0.25, 0.3) is 5.91 Å². The maximum atomic E-state index is 13.7. The first-order chi connectivity index (χ1) is 14.9. The highest BCUT2D eigenvalue weighted by molar-refractivity contribution is 5.95. The number of amides is 2. The highest BCUT2D eigenvalue weighted by atomic mass is 19.1. The Hall–Kier alpha value is -2.80. The highest BCUT2D eigenvalue weighted by Gasteiger charge is 2.32. The third-order valence-electron chi connectivity index (χ3n) is 6.07. The zero-order valence-corrected chi connectivity index (χ0v) is 17.3. The summed E-state index contributed by atoms with van der Waals surface area (Å²) in [4.78, 5) is 26.8. The summed E-state index contributed by atoms with van der Waals surface area (Å²) in [5.74, 6) is -1.86. The van der Waals surface area contributed by atoms with Crippen LogP contribution in [0.4, 0.5) is 14.5 Å². The molecule has 2 fully saturated rings. The van der Waals surface area contributed by atoms with E-state index in [9.17, 15) is 18.4 Å². The quantitative estimate of drug-likeness (QED) is 0.725. The molecule has 3 N–H and O–H groups in total. The van der Waals surface area contributed by atoms with Crippen LogP contribution < -0.4 is 11.1 Å². The third kappa shape index (κ3) is 5.28. The number of nitrogens with zero attached hydrogens (tertiary/aromatic N) is 1. The van der Waals surface area contributed by atoms with Gasteiger partial charge in [-0.2, -0.15) is 0 Å². The van der Waals surface area contributed by atoms with E-state index >= 15 is 0 Å². The Bertz CT molecular complexity index is 940. The fourth-order valence-corrected chi connectivity index (χ4v) is 4.19. The van der Waals surface area contributed by atoms with E-state index < -0.39 is 17.5 Å². The Morgan fingerprint density at radius 2 is 1.61 bits per heavy atom. The van der Waals surface area contributed by atoms with Crippen molar-refractivity contribution >= 4 is 17.5 Å². The van der Waals surface area contributed by atoms with E-state index in [1.165, 1.54) is 0 Å². The summed E-state index contributed by atoms with van der Waals surface area (Å²) in [5, 5.41) is 2.89. The molecule has 2 amide bonds. The van der Waals surface area contributed by atoms with Crippen LogP contribution in [0.2, 0.25) is 0 Å². The van der Waals surface area contributed by atoms with Crippen molar-refractivity contribution < 1.29 is 18.4 Å². The second-order valence-corrected chi connectivity index (χ2v) is 8.57. The van der Waals surface area contributed by atoms with Crippen molar-refractivity contribution in [2.45, 2.75) is 57.2 Å². The number of carbonyl (C=O) groups is 2. The number of benzene rings is 2. The molecule has 0 bridgehead atoms. The van der Waals surface area contributed by atoms with Crippen LogP contribution in [0, 0.1) is 17.6 Å². The van der Waals surface area contributed by atoms with Crippen molar-refractivity contribution in [1.82, 2.24) is 4.90 Å². The molecule has 2 unspecified atom stereocenters. The normalized spacial score (nSPS) is 20.9. The number of hydrogen-bond acceptors (Lipinski definition) is 3. The molecule has 2 aliphatic carbocycles. The summed E-state index contributed by atoms with van der Waals surface area (Å²) >= 11 is 0. The van der Waals surface area contributed by atoms with Crippen molar-refractivity contribution in [2.75, 3.05) is 5.32 Å². The minimum atomic E-state index is -0.785. The molecule has 164 valence electrons. The van der Waals surface area contributed by atoms with E-state index in [0.29, 0.717) is 5.69 Å². The Balaban J connectivity index is 1.55. The van der Waals surface area contributed by atoms with Crippen LogP contribution >= 0.6 is 0 Å². The highest BCUT2D eigenvalue weighted by Crippen LogP contribution is 2.30. The number of nitrogens with one attached hydrogen (secondary N) is 1.